The van der Waals surface area contributed by atoms with E-state index in [-0.39, 0.29) is 18.6 Å². The number of ketones is 1. The highest BCUT2D eigenvalue weighted by Crippen LogP contribution is 2.43. The largest absolute Gasteiger partial charge is 0.468 e. The predicted octanol–water partition coefficient (Wildman–Crippen LogP) is 0.741. The number of hydrogen-bond acceptors (Lipinski definition) is 7. The van der Waals surface area contributed by atoms with Crippen molar-refractivity contribution in [1.82, 2.24) is 0 Å². The van der Waals surface area contributed by atoms with Gasteiger partial charge in [-0.1, -0.05) is 6.42 Å². The van der Waals surface area contributed by atoms with E-state index in [9.17, 15) is 24.9 Å². The number of hydrogen-bond donors (Lipinski definition) is 0. The summed E-state index contributed by atoms with van der Waals surface area (Å²) in [6.07, 6.45) is 1.77. The summed E-state index contributed by atoms with van der Waals surface area (Å²) in [7, 11) is 2.10. The fourth-order valence-corrected chi connectivity index (χ4v) is 2.74. The van der Waals surface area contributed by atoms with Gasteiger partial charge in [0, 0.05) is 12.3 Å². The molecule has 112 valence electrons. The highest BCUT2D eigenvalue weighted by molar-refractivity contribution is 5.96. The number of nitrogens with zero attached hydrogens (tertiary/aromatic N) is 2. The molecule has 0 aliphatic heterocycles. The molecule has 1 aliphatic rings. The number of ether oxygens (including phenoxy) is 2. The normalized spacial score (nSPS) is 22.1. The summed E-state index contributed by atoms with van der Waals surface area (Å²) in [6, 6.07) is 3.34. The molecule has 21 heavy (non-hydrogen) atoms. The second kappa shape index (κ2) is 6.85. The van der Waals surface area contributed by atoms with Crippen LogP contribution >= 0.6 is 0 Å². The molecule has 0 N–H and O–H groups in total. The van der Waals surface area contributed by atoms with E-state index in [0.717, 1.165) is 14.2 Å². The minimum atomic E-state index is -2.16. The van der Waals surface area contributed by atoms with Gasteiger partial charge in [-0.2, -0.15) is 10.5 Å². The molecular formula is C14H16N2O5. The van der Waals surface area contributed by atoms with E-state index in [1.54, 1.807) is 12.1 Å². The summed E-state index contributed by atoms with van der Waals surface area (Å²) in [5, 5.41) is 18.8. The van der Waals surface area contributed by atoms with Gasteiger partial charge in [-0.15, -0.1) is 0 Å². The molecule has 3 atom stereocenters. The standard InChI is InChI=1S/C14H16N2O5/c1-20-12(18)10(7-15)14(8-16,13(19)21-2)9-5-3-4-6-11(9)17/h9-10H,3-6H2,1-2H3/t9-,10+,14-/m1/s1. The molecular weight excluding hydrogens is 276 g/mol. The summed E-state index contributed by atoms with van der Waals surface area (Å²) in [5.41, 5.74) is -2.16. The minimum Gasteiger partial charge on any atom is -0.468 e. The molecule has 0 bridgehead atoms. The molecule has 0 saturated heterocycles. The van der Waals surface area contributed by atoms with Crippen LogP contribution < -0.4 is 0 Å². The van der Waals surface area contributed by atoms with Crippen LogP contribution in [0.3, 0.4) is 0 Å². The van der Waals surface area contributed by atoms with Crippen molar-refractivity contribution >= 4 is 17.7 Å². The lowest BCUT2D eigenvalue weighted by Gasteiger charge is -2.35. The molecule has 0 spiro atoms. The van der Waals surface area contributed by atoms with Gasteiger partial charge in [0.15, 0.2) is 11.3 Å². The van der Waals surface area contributed by atoms with Gasteiger partial charge < -0.3 is 9.47 Å². The predicted molar refractivity (Wildman–Crippen MR) is 68.1 cm³/mol. The number of Topliss-reactive ketones (excluding diaryl/α,β-unsaturated/α-hetero) is 1. The molecule has 0 aromatic carbocycles. The lowest BCUT2D eigenvalue weighted by Crippen LogP contribution is -2.51. The van der Waals surface area contributed by atoms with Gasteiger partial charge in [0.05, 0.1) is 26.4 Å². The Morgan fingerprint density at radius 3 is 2.38 bits per heavy atom. The lowest BCUT2D eigenvalue weighted by atomic mass is 9.62. The molecule has 0 aromatic heterocycles. The molecule has 1 rings (SSSR count). The maximum atomic E-state index is 12.2. The Morgan fingerprint density at radius 1 is 1.29 bits per heavy atom. The van der Waals surface area contributed by atoms with Crippen LogP contribution in [0.2, 0.25) is 0 Å². The molecule has 7 heteroatoms. The van der Waals surface area contributed by atoms with Crippen LogP contribution in [-0.4, -0.2) is 31.9 Å². The Balaban J connectivity index is 3.45. The summed E-state index contributed by atoms with van der Waals surface area (Å²) < 4.78 is 9.11. The monoisotopic (exact) mass is 292 g/mol. The molecule has 0 amide bonds. The van der Waals surface area contributed by atoms with Crippen LogP contribution in [0, 0.1) is 39.9 Å². The van der Waals surface area contributed by atoms with Crippen molar-refractivity contribution in [2.24, 2.45) is 17.3 Å². The number of methoxy groups -OCH3 is 2. The van der Waals surface area contributed by atoms with E-state index in [4.69, 9.17) is 0 Å². The lowest BCUT2D eigenvalue weighted by molar-refractivity contribution is -0.165. The molecule has 1 fully saturated rings. The Kier molecular flexibility index (Phi) is 5.43. The maximum absolute atomic E-state index is 12.2. The van der Waals surface area contributed by atoms with Crippen LogP contribution in [0.25, 0.3) is 0 Å². The molecule has 0 unspecified atom stereocenters. The zero-order valence-corrected chi connectivity index (χ0v) is 11.9. The van der Waals surface area contributed by atoms with Gasteiger partial charge in [-0.05, 0) is 12.8 Å². The summed E-state index contributed by atoms with van der Waals surface area (Å²) in [6.45, 7) is 0. The van der Waals surface area contributed by atoms with E-state index in [2.05, 4.69) is 9.47 Å². The van der Waals surface area contributed by atoms with Crippen molar-refractivity contribution in [3.8, 4) is 12.1 Å². The number of esters is 2. The molecule has 1 aliphatic carbocycles. The Morgan fingerprint density at radius 2 is 1.95 bits per heavy atom. The van der Waals surface area contributed by atoms with Crippen molar-refractivity contribution in [3.63, 3.8) is 0 Å². The van der Waals surface area contributed by atoms with Crippen LogP contribution in [-0.2, 0) is 23.9 Å². The average Bonchev–Trinajstić information content (AvgIpc) is 2.52. The first-order valence-electron chi connectivity index (χ1n) is 6.49. The van der Waals surface area contributed by atoms with E-state index >= 15 is 0 Å². The fraction of sp³-hybridized carbons (Fsp3) is 0.643. The summed E-state index contributed by atoms with van der Waals surface area (Å²) >= 11 is 0. The van der Waals surface area contributed by atoms with Gasteiger partial charge in [0.25, 0.3) is 0 Å². The first kappa shape index (κ1) is 16.6. The highest BCUT2D eigenvalue weighted by Gasteiger charge is 2.59. The Labute approximate surface area is 122 Å². The van der Waals surface area contributed by atoms with Crippen molar-refractivity contribution in [2.45, 2.75) is 25.7 Å². The van der Waals surface area contributed by atoms with Crippen LogP contribution in [0.4, 0.5) is 0 Å². The SMILES string of the molecule is COC(=O)[C@H](C#N)[C@](C#N)(C(=O)OC)[C@@H]1CCCCC1=O. The van der Waals surface area contributed by atoms with Crippen LogP contribution in [0.5, 0.6) is 0 Å². The van der Waals surface area contributed by atoms with Crippen molar-refractivity contribution in [2.75, 3.05) is 14.2 Å². The smallest absolute Gasteiger partial charge is 0.328 e. The topological polar surface area (TPSA) is 117 Å². The highest BCUT2D eigenvalue weighted by atomic mass is 16.5. The van der Waals surface area contributed by atoms with Gasteiger partial charge in [0.1, 0.15) is 5.78 Å². The number of rotatable bonds is 4. The number of carbonyl (C=O) groups excluding carboxylic acids is 3. The van der Waals surface area contributed by atoms with Gasteiger partial charge in [-0.3, -0.25) is 14.4 Å². The number of carbonyl (C=O) groups is 3. The Bertz CT molecular complexity index is 530. The quantitative estimate of drug-likeness (QED) is 0.701. The van der Waals surface area contributed by atoms with E-state index in [0.29, 0.717) is 12.8 Å². The van der Waals surface area contributed by atoms with E-state index < -0.39 is 29.2 Å². The average molecular weight is 292 g/mol. The third-order valence-corrected chi connectivity index (χ3v) is 3.83. The van der Waals surface area contributed by atoms with Gasteiger partial charge in [0.2, 0.25) is 0 Å². The zero-order valence-electron chi connectivity index (χ0n) is 11.9. The fourth-order valence-electron chi connectivity index (χ4n) is 2.74. The molecule has 0 radical (unpaired) electrons. The third-order valence-electron chi connectivity index (χ3n) is 3.83. The van der Waals surface area contributed by atoms with Gasteiger partial charge >= 0.3 is 11.9 Å². The Hall–Kier alpha value is -2.41. The van der Waals surface area contributed by atoms with Crippen LogP contribution in [0.1, 0.15) is 25.7 Å². The van der Waals surface area contributed by atoms with Crippen molar-refractivity contribution < 1.29 is 23.9 Å². The molecule has 0 aromatic rings. The van der Waals surface area contributed by atoms with Crippen LogP contribution in [0.15, 0.2) is 0 Å². The van der Waals surface area contributed by atoms with E-state index in [1.165, 1.54) is 0 Å². The first-order chi connectivity index (χ1) is 9.99. The first-order valence-corrected chi connectivity index (χ1v) is 6.49. The molecule has 1 saturated carbocycles. The maximum Gasteiger partial charge on any atom is 0.328 e. The second-order valence-corrected chi connectivity index (χ2v) is 4.82. The summed E-state index contributed by atoms with van der Waals surface area (Å²) in [4.78, 5) is 36.1. The van der Waals surface area contributed by atoms with E-state index in [1.807, 2.05) is 0 Å². The molecule has 0 heterocycles. The zero-order chi connectivity index (χ0) is 16.0. The van der Waals surface area contributed by atoms with Gasteiger partial charge in [-0.25, -0.2) is 0 Å². The minimum absolute atomic E-state index is 0.213. The third kappa shape index (κ3) is 2.73. The molecule has 7 nitrogen and oxygen atoms in total. The second-order valence-electron chi connectivity index (χ2n) is 4.82. The van der Waals surface area contributed by atoms with Crippen molar-refractivity contribution in [1.29, 1.82) is 10.5 Å². The summed E-state index contributed by atoms with van der Waals surface area (Å²) in [5.74, 6) is -5.12. The number of nitriles is 2. The van der Waals surface area contributed by atoms with Crippen molar-refractivity contribution in [3.05, 3.63) is 0 Å².